The fourth-order valence-corrected chi connectivity index (χ4v) is 0. The first kappa shape index (κ1) is 132. The van der Waals surface area contributed by atoms with E-state index < -0.39 is 6.16 Å². The van der Waals surface area contributed by atoms with E-state index in [2.05, 4.69) is 0 Å². The molecule has 0 aromatic heterocycles. The molecule has 0 aliphatic heterocycles. The van der Waals surface area contributed by atoms with E-state index in [4.69, 9.17) is 15.0 Å². The Morgan fingerprint density at radius 2 is 0.750 bits per heavy atom. The zero-order valence-corrected chi connectivity index (χ0v) is 8.86. The SMILES string of the molecule is O.O.O.O.O=C([O-])[O-].[Mg+2].[Mg+2].[OH-].[OH-]. The molecule has 9 nitrogen and oxygen atoms in total. The maximum Gasteiger partial charge on any atom is 2.00 e. The summed E-state index contributed by atoms with van der Waals surface area (Å²) in [5, 5.41) is 16.7. The molecular weight excluding hydrogens is 205 g/mol. The van der Waals surface area contributed by atoms with Gasteiger partial charge in [-0.25, -0.2) is 0 Å². The van der Waals surface area contributed by atoms with Crippen LogP contribution in [-0.4, -0.2) is 85.1 Å². The standard InChI is InChI=1S/CH2O3.2Mg.6H2O/c2-1(3)4;;;;;;;;/h(H2,2,3,4);;;6*1H2/q;2*+2;;;;;;/p-4. The Morgan fingerprint density at radius 3 is 0.750 bits per heavy atom. The quantitative estimate of drug-likeness (QED) is 0.355. The summed E-state index contributed by atoms with van der Waals surface area (Å²) >= 11 is 0. The van der Waals surface area contributed by atoms with E-state index >= 15 is 0 Å². The maximum atomic E-state index is 8.33. The summed E-state index contributed by atoms with van der Waals surface area (Å²) in [5.74, 6) is 0. The van der Waals surface area contributed by atoms with Crippen LogP contribution in [0.2, 0.25) is 0 Å². The van der Waals surface area contributed by atoms with Crippen molar-refractivity contribution in [3.8, 4) is 0 Å². The van der Waals surface area contributed by atoms with Gasteiger partial charge < -0.3 is 47.9 Å². The van der Waals surface area contributed by atoms with Crippen molar-refractivity contribution in [1.29, 1.82) is 0 Å². The van der Waals surface area contributed by atoms with Gasteiger partial charge in [0.05, 0.1) is 0 Å². The van der Waals surface area contributed by atoms with Crippen LogP contribution >= 0.6 is 0 Å². The molecule has 0 bridgehead atoms. The molecule has 0 aromatic rings. The molecule has 0 rings (SSSR count). The van der Waals surface area contributed by atoms with Gasteiger partial charge in [-0.2, -0.15) is 0 Å². The molecular formula is CH10Mg2O9. The molecule has 0 heterocycles. The minimum Gasteiger partial charge on any atom is -0.870 e. The molecule has 0 aliphatic rings. The van der Waals surface area contributed by atoms with Crippen LogP contribution in [0, 0.1) is 0 Å². The Labute approximate surface area is 99.9 Å². The van der Waals surface area contributed by atoms with Crippen LogP contribution in [0.1, 0.15) is 0 Å². The molecule has 0 saturated heterocycles. The number of hydrogen-bond acceptors (Lipinski definition) is 5. The Kier molecular flexibility index (Phi) is 1120. The molecule has 0 atom stereocenters. The third-order valence-corrected chi connectivity index (χ3v) is 0. The van der Waals surface area contributed by atoms with Gasteiger partial charge in [-0.3, -0.25) is 0 Å². The number of hydrogen-bond donors (Lipinski definition) is 0. The Balaban J connectivity index is -0.00000000161. The first-order valence-corrected chi connectivity index (χ1v) is 0.612. The largest absolute Gasteiger partial charge is 2.00 e. The molecule has 10 N–H and O–H groups in total. The topological polar surface area (TPSA) is 249 Å². The van der Waals surface area contributed by atoms with Crippen molar-refractivity contribution in [2.45, 2.75) is 0 Å². The van der Waals surface area contributed by atoms with Crippen molar-refractivity contribution in [3.63, 3.8) is 0 Å². The molecule has 0 unspecified atom stereocenters. The molecule has 0 aromatic carbocycles. The molecule has 0 radical (unpaired) electrons. The summed E-state index contributed by atoms with van der Waals surface area (Å²) < 4.78 is 0. The van der Waals surface area contributed by atoms with E-state index in [1.54, 1.807) is 0 Å². The fourth-order valence-electron chi connectivity index (χ4n) is 0. The van der Waals surface area contributed by atoms with Gasteiger partial charge in [-0.15, -0.1) is 0 Å². The zero-order chi connectivity index (χ0) is 3.58. The Morgan fingerprint density at radius 1 is 0.750 bits per heavy atom. The number of rotatable bonds is 0. The Hall–Kier alpha value is 0.562. The first-order chi connectivity index (χ1) is 1.73. The van der Waals surface area contributed by atoms with Crippen molar-refractivity contribution in [1.82, 2.24) is 0 Å². The zero-order valence-electron chi connectivity index (χ0n) is 6.03. The predicted molar refractivity (Wildman–Crippen MR) is 35.2 cm³/mol. The third kappa shape index (κ3) is 3050. The number of carbonyl (C=O) groups is 1. The molecule has 0 fully saturated rings. The molecule has 0 spiro atoms. The third-order valence-electron chi connectivity index (χ3n) is 0. The first-order valence-electron chi connectivity index (χ1n) is 0.612. The van der Waals surface area contributed by atoms with Crippen molar-refractivity contribution in [2.75, 3.05) is 0 Å². The monoisotopic (exact) mass is 214 g/mol. The van der Waals surface area contributed by atoms with Gasteiger partial charge in [-0.05, 0) is 6.16 Å². The van der Waals surface area contributed by atoms with Gasteiger partial charge in [0, 0.05) is 0 Å². The second-order valence-corrected chi connectivity index (χ2v) is 0.250. The maximum absolute atomic E-state index is 8.33. The average Bonchev–Trinajstić information content (AvgIpc) is 0.811. The van der Waals surface area contributed by atoms with Crippen molar-refractivity contribution in [2.24, 2.45) is 0 Å². The molecule has 11 heteroatoms. The summed E-state index contributed by atoms with van der Waals surface area (Å²) in [7, 11) is 0. The van der Waals surface area contributed by atoms with Gasteiger partial charge in [0.15, 0.2) is 0 Å². The smallest absolute Gasteiger partial charge is 0.870 e. The molecule has 0 saturated carbocycles. The second kappa shape index (κ2) is 102. The minimum absolute atomic E-state index is 0. The summed E-state index contributed by atoms with van der Waals surface area (Å²) in [6.45, 7) is 0. The molecule has 0 amide bonds. The van der Waals surface area contributed by atoms with E-state index in [0.717, 1.165) is 0 Å². The normalized spacial score (nSPS) is 2.00. The summed E-state index contributed by atoms with van der Waals surface area (Å²) in [6.07, 6.45) is -2.33. The van der Waals surface area contributed by atoms with Crippen molar-refractivity contribution in [3.05, 3.63) is 0 Å². The summed E-state index contributed by atoms with van der Waals surface area (Å²) in [5.41, 5.74) is 0. The fraction of sp³-hybridized carbons (Fsp3) is 0. The van der Waals surface area contributed by atoms with Crippen molar-refractivity contribution >= 4 is 52.3 Å². The van der Waals surface area contributed by atoms with Crippen LogP contribution in [0.3, 0.4) is 0 Å². The second-order valence-electron chi connectivity index (χ2n) is 0.250. The van der Waals surface area contributed by atoms with Crippen LogP contribution in [-0.2, 0) is 0 Å². The van der Waals surface area contributed by atoms with E-state index in [1.807, 2.05) is 0 Å². The minimum atomic E-state index is -2.33. The van der Waals surface area contributed by atoms with Crippen LogP contribution in [0.5, 0.6) is 0 Å². The van der Waals surface area contributed by atoms with Gasteiger partial charge in [0.1, 0.15) is 0 Å². The van der Waals surface area contributed by atoms with E-state index in [-0.39, 0.29) is 79.0 Å². The average molecular weight is 215 g/mol. The van der Waals surface area contributed by atoms with E-state index in [0.29, 0.717) is 0 Å². The Bertz CT molecular complexity index is 35.5. The van der Waals surface area contributed by atoms with Crippen LogP contribution in [0.25, 0.3) is 0 Å². The number of carboxylic acid groups (broad SMARTS) is 2. The van der Waals surface area contributed by atoms with Gasteiger partial charge in [-0.1, -0.05) is 0 Å². The van der Waals surface area contributed by atoms with Crippen molar-refractivity contribution < 1.29 is 47.9 Å². The summed E-state index contributed by atoms with van der Waals surface area (Å²) in [4.78, 5) is 8.33. The van der Waals surface area contributed by atoms with Gasteiger partial charge in [0.25, 0.3) is 0 Å². The molecule has 72 valence electrons. The van der Waals surface area contributed by atoms with Crippen LogP contribution in [0.15, 0.2) is 0 Å². The van der Waals surface area contributed by atoms with Gasteiger partial charge in [0.2, 0.25) is 0 Å². The molecule has 12 heavy (non-hydrogen) atoms. The molecule has 0 aliphatic carbocycles. The van der Waals surface area contributed by atoms with E-state index in [9.17, 15) is 0 Å². The van der Waals surface area contributed by atoms with Crippen LogP contribution in [0.4, 0.5) is 4.79 Å². The predicted octanol–water partition coefficient (Wildman–Crippen LogP) is -6.86. The van der Waals surface area contributed by atoms with E-state index in [1.165, 1.54) is 0 Å². The summed E-state index contributed by atoms with van der Waals surface area (Å²) in [6, 6.07) is 0. The van der Waals surface area contributed by atoms with Gasteiger partial charge >= 0.3 is 46.1 Å². The number of carbonyl (C=O) groups excluding carboxylic acids is 1. The van der Waals surface area contributed by atoms with Crippen LogP contribution < -0.4 is 10.2 Å².